The maximum Gasteiger partial charge on any atom is 0.137 e. The molecule has 0 N–H and O–H groups in total. The summed E-state index contributed by atoms with van der Waals surface area (Å²) in [5, 5.41) is 11.3. The van der Waals surface area contributed by atoms with E-state index in [-0.39, 0.29) is 5.92 Å². The maximum atomic E-state index is 9.42. The van der Waals surface area contributed by atoms with Crippen molar-refractivity contribution in [3.05, 3.63) is 41.7 Å². The highest BCUT2D eigenvalue weighted by Gasteiger charge is 2.54. The summed E-state index contributed by atoms with van der Waals surface area (Å²) < 4.78 is 5.27. The summed E-state index contributed by atoms with van der Waals surface area (Å²) in [5.74, 6) is 1.04. The molecule has 0 saturated carbocycles. The van der Waals surface area contributed by atoms with Gasteiger partial charge in [0.2, 0.25) is 0 Å². The molecule has 0 radical (unpaired) electrons. The SMILES string of the molecule is C=C1ON2CCc3cc(OC)ccc3C2(C)C1C#N. The van der Waals surface area contributed by atoms with E-state index in [0.29, 0.717) is 5.76 Å². The minimum Gasteiger partial charge on any atom is -0.497 e. The number of hydrogen-bond donors (Lipinski definition) is 0. The van der Waals surface area contributed by atoms with Crippen LogP contribution in [0.3, 0.4) is 0 Å². The van der Waals surface area contributed by atoms with Crippen LogP contribution in [0, 0.1) is 17.2 Å². The summed E-state index contributed by atoms with van der Waals surface area (Å²) in [7, 11) is 1.66. The van der Waals surface area contributed by atoms with Crippen LogP contribution in [-0.2, 0) is 16.8 Å². The van der Waals surface area contributed by atoms with Gasteiger partial charge in [0.1, 0.15) is 23.0 Å². The molecule has 1 aromatic rings. The molecule has 0 amide bonds. The van der Waals surface area contributed by atoms with Crippen molar-refractivity contribution >= 4 is 0 Å². The molecule has 0 aromatic heterocycles. The Morgan fingerprint density at radius 3 is 3.05 bits per heavy atom. The summed E-state index contributed by atoms with van der Waals surface area (Å²) in [4.78, 5) is 5.67. The van der Waals surface area contributed by atoms with Crippen LogP contribution in [-0.4, -0.2) is 18.7 Å². The molecular weight excluding hydrogens is 240 g/mol. The molecule has 1 fully saturated rings. The third-order valence-corrected chi connectivity index (χ3v) is 4.20. The highest BCUT2D eigenvalue weighted by molar-refractivity contribution is 5.44. The van der Waals surface area contributed by atoms with Crippen molar-refractivity contribution < 1.29 is 9.57 Å². The van der Waals surface area contributed by atoms with Gasteiger partial charge in [0.25, 0.3) is 0 Å². The lowest BCUT2D eigenvalue weighted by atomic mass is 9.75. The average molecular weight is 256 g/mol. The van der Waals surface area contributed by atoms with Gasteiger partial charge in [-0.25, -0.2) is 0 Å². The smallest absolute Gasteiger partial charge is 0.137 e. The van der Waals surface area contributed by atoms with E-state index in [1.807, 2.05) is 30.2 Å². The van der Waals surface area contributed by atoms with Gasteiger partial charge >= 0.3 is 0 Å². The van der Waals surface area contributed by atoms with E-state index in [9.17, 15) is 5.26 Å². The van der Waals surface area contributed by atoms with Crippen molar-refractivity contribution in [1.82, 2.24) is 5.06 Å². The van der Waals surface area contributed by atoms with Gasteiger partial charge in [0.15, 0.2) is 0 Å². The Morgan fingerprint density at radius 1 is 1.58 bits per heavy atom. The number of methoxy groups -OCH3 is 1. The largest absolute Gasteiger partial charge is 0.497 e. The predicted octanol–water partition coefficient (Wildman–Crippen LogP) is 2.37. The normalized spacial score (nSPS) is 29.1. The molecule has 2 aliphatic rings. The Labute approximate surface area is 112 Å². The molecule has 98 valence electrons. The third-order valence-electron chi connectivity index (χ3n) is 4.20. The Hall–Kier alpha value is -1.99. The Balaban J connectivity index is 2.16. The number of benzene rings is 1. The highest BCUT2D eigenvalue weighted by atomic mass is 16.7. The summed E-state index contributed by atoms with van der Waals surface area (Å²) in [6.07, 6.45) is 0.882. The fourth-order valence-corrected chi connectivity index (χ4v) is 3.13. The monoisotopic (exact) mass is 256 g/mol. The van der Waals surface area contributed by atoms with Gasteiger partial charge in [-0.2, -0.15) is 5.26 Å². The lowest BCUT2D eigenvalue weighted by Gasteiger charge is -2.39. The van der Waals surface area contributed by atoms with E-state index in [0.717, 1.165) is 24.3 Å². The fourth-order valence-electron chi connectivity index (χ4n) is 3.13. The number of hydroxylamine groups is 2. The first-order valence-corrected chi connectivity index (χ1v) is 6.32. The topological polar surface area (TPSA) is 45.5 Å². The van der Waals surface area contributed by atoms with E-state index >= 15 is 0 Å². The molecule has 2 unspecified atom stereocenters. The number of ether oxygens (including phenoxy) is 1. The van der Waals surface area contributed by atoms with Crippen molar-refractivity contribution in [1.29, 1.82) is 5.26 Å². The number of hydrogen-bond acceptors (Lipinski definition) is 4. The molecule has 2 aliphatic heterocycles. The van der Waals surface area contributed by atoms with Gasteiger partial charge in [-0.3, -0.25) is 0 Å². The van der Waals surface area contributed by atoms with Crippen LogP contribution >= 0.6 is 0 Å². The maximum absolute atomic E-state index is 9.42. The summed E-state index contributed by atoms with van der Waals surface area (Å²) >= 11 is 0. The second-order valence-corrected chi connectivity index (χ2v) is 5.14. The standard InChI is InChI=1S/C15H16N2O2/c1-10-14(9-16)15(2)13-5-4-12(18-3)8-11(13)6-7-17(15)19-10/h4-5,8,14H,1,6-7H2,2-3H3. The van der Waals surface area contributed by atoms with Crippen molar-refractivity contribution in [2.45, 2.75) is 18.9 Å². The second kappa shape index (κ2) is 4.01. The van der Waals surface area contributed by atoms with Crippen LogP contribution in [0.5, 0.6) is 5.75 Å². The van der Waals surface area contributed by atoms with Crippen LogP contribution in [0.15, 0.2) is 30.5 Å². The van der Waals surface area contributed by atoms with Gasteiger partial charge in [-0.05, 0) is 36.6 Å². The molecule has 3 rings (SSSR count). The van der Waals surface area contributed by atoms with Gasteiger partial charge in [0, 0.05) is 6.54 Å². The zero-order valence-electron chi connectivity index (χ0n) is 11.1. The zero-order chi connectivity index (χ0) is 13.6. The van der Waals surface area contributed by atoms with Crippen molar-refractivity contribution in [2.24, 2.45) is 5.92 Å². The number of nitrogens with zero attached hydrogens (tertiary/aromatic N) is 2. The van der Waals surface area contributed by atoms with Gasteiger partial charge < -0.3 is 9.57 Å². The Bertz CT molecular complexity index is 590. The summed E-state index contributed by atoms with van der Waals surface area (Å²) in [6.45, 7) is 6.67. The molecule has 4 nitrogen and oxygen atoms in total. The molecule has 2 atom stereocenters. The summed E-state index contributed by atoms with van der Waals surface area (Å²) in [6, 6.07) is 8.34. The van der Waals surface area contributed by atoms with E-state index in [4.69, 9.17) is 9.57 Å². The fraction of sp³-hybridized carbons (Fsp3) is 0.400. The molecule has 1 saturated heterocycles. The molecule has 0 bridgehead atoms. The lowest BCUT2D eigenvalue weighted by molar-refractivity contribution is -0.147. The molecule has 4 heteroatoms. The quantitative estimate of drug-likeness (QED) is 0.774. The van der Waals surface area contributed by atoms with Crippen molar-refractivity contribution in [2.75, 3.05) is 13.7 Å². The minimum absolute atomic E-state index is 0.347. The van der Waals surface area contributed by atoms with Crippen molar-refractivity contribution in [3.63, 3.8) is 0 Å². The minimum atomic E-state index is -0.453. The summed E-state index contributed by atoms with van der Waals surface area (Å²) in [5.41, 5.74) is 1.90. The van der Waals surface area contributed by atoms with Gasteiger partial charge in [-0.15, -0.1) is 5.06 Å². The van der Waals surface area contributed by atoms with Crippen molar-refractivity contribution in [3.8, 4) is 11.8 Å². The average Bonchev–Trinajstić information content (AvgIpc) is 2.68. The number of nitriles is 1. The Kier molecular flexibility index (Phi) is 2.54. The highest BCUT2D eigenvalue weighted by Crippen LogP contribution is 2.49. The van der Waals surface area contributed by atoms with Crippen LogP contribution in [0.1, 0.15) is 18.1 Å². The predicted molar refractivity (Wildman–Crippen MR) is 70.1 cm³/mol. The Morgan fingerprint density at radius 2 is 2.37 bits per heavy atom. The van der Waals surface area contributed by atoms with Crippen LogP contribution in [0.4, 0.5) is 0 Å². The first kappa shape index (κ1) is 12.1. The molecule has 0 aliphatic carbocycles. The van der Waals surface area contributed by atoms with Crippen LogP contribution in [0.2, 0.25) is 0 Å². The first-order valence-electron chi connectivity index (χ1n) is 6.32. The second-order valence-electron chi connectivity index (χ2n) is 5.14. The van der Waals surface area contributed by atoms with Gasteiger partial charge in [0.05, 0.1) is 13.2 Å². The van der Waals surface area contributed by atoms with E-state index in [1.165, 1.54) is 5.56 Å². The number of fused-ring (bicyclic) bond motifs is 3. The molecule has 19 heavy (non-hydrogen) atoms. The van der Waals surface area contributed by atoms with E-state index in [2.05, 4.69) is 12.6 Å². The molecule has 2 heterocycles. The molecule has 0 spiro atoms. The van der Waals surface area contributed by atoms with E-state index in [1.54, 1.807) is 7.11 Å². The van der Waals surface area contributed by atoms with E-state index < -0.39 is 5.54 Å². The zero-order valence-corrected chi connectivity index (χ0v) is 11.1. The first-order chi connectivity index (χ1) is 9.11. The molecule has 1 aromatic carbocycles. The number of rotatable bonds is 1. The third kappa shape index (κ3) is 1.48. The lowest BCUT2D eigenvalue weighted by Crippen LogP contribution is -2.46. The van der Waals surface area contributed by atoms with Crippen LogP contribution in [0.25, 0.3) is 0 Å². The van der Waals surface area contributed by atoms with Crippen LogP contribution < -0.4 is 4.74 Å². The van der Waals surface area contributed by atoms with Gasteiger partial charge in [-0.1, -0.05) is 12.6 Å². The molecular formula is C15H16N2O2.